The van der Waals surface area contributed by atoms with E-state index in [1.54, 1.807) is 45.0 Å². The Balaban J connectivity index is 2.09. The first-order valence-corrected chi connectivity index (χ1v) is 8.07. The molecule has 0 aromatic heterocycles. The topological polar surface area (TPSA) is 65.1 Å². The van der Waals surface area contributed by atoms with Crippen molar-refractivity contribution in [2.45, 2.75) is 44.9 Å². The molecule has 1 aromatic rings. The molecule has 0 saturated carbocycles. The van der Waals surface area contributed by atoms with Gasteiger partial charge in [0.1, 0.15) is 23.5 Å². The van der Waals surface area contributed by atoms with E-state index in [2.05, 4.69) is 0 Å². The molecule has 0 bridgehead atoms. The number of methoxy groups -OCH3 is 1. The summed E-state index contributed by atoms with van der Waals surface area (Å²) in [6, 6.07) is 6.20. The van der Waals surface area contributed by atoms with E-state index >= 15 is 0 Å². The summed E-state index contributed by atoms with van der Waals surface area (Å²) in [5, 5.41) is 0.608. The zero-order valence-electron chi connectivity index (χ0n) is 14.2. The molecule has 6 nitrogen and oxygen atoms in total. The van der Waals surface area contributed by atoms with Crippen molar-refractivity contribution in [2.24, 2.45) is 0 Å². The first kappa shape index (κ1) is 18.4. The number of carbonyl (C=O) groups excluding carboxylic acids is 2. The first-order valence-electron chi connectivity index (χ1n) is 7.69. The van der Waals surface area contributed by atoms with Crippen LogP contribution in [0.4, 0.5) is 4.79 Å². The Bertz CT molecular complexity index is 596. The summed E-state index contributed by atoms with van der Waals surface area (Å²) in [4.78, 5) is 25.7. The van der Waals surface area contributed by atoms with Gasteiger partial charge < -0.3 is 14.2 Å². The Hall–Kier alpha value is -1.95. The maximum absolute atomic E-state index is 12.4. The highest BCUT2D eigenvalue weighted by Gasteiger charge is 2.43. The van der Waals surface area contributed by atoms with Gasteiger partial charge in [0.05, 0.1) is 13.7 Å². The highest BCUT2D eigenvalue weighted by atomic mass is 35.5. The third kappa shape index (κ3) is 4.77. The molecule has 1 fully saturated rings. The molecule has 1 aromatic carbocycles. The van der Waals surface area contributed by atoms with Crippen molar-refractivity contribution >= 4 is 23.7 Å². The van der Waals surface area contributed by atoms with Crippen LogP contribution in [0.1, 0.15) is 27.2 Å². The Kier molecular flexibility index (Phi) is 5.59. The standard InChI is InChI=1S/C17H22ClNO5/c1-17(2,3)24-16(21)19-10-13(9-14(19)15(20)22-4)23-12-7-5-11(18)6-8-12/h5-8,13-14H,9-10H2,1-4H3/t13-,14+/m1/s1. The number of rotatable bonds is 3. The summed E-state index contributed by atoms with van der Waals surface area (Å²) >= 11 is 5.85. The van der Waals surface area contributed by atoms with Gasteiger partial charge in [0.25, 0.3) is 0 Å². The van der Waals surface area contributed by atoms with Gasteiger partial charge in [-0.15, -0.1) is 0 Å². The molecule has 1 aliphatic heterocycles. The van der Waals surface area contributed by atoms with Crippen LogP contribution in [0.5, 0.6) is 5.75 Å². The van der Waals surface area contributed by atoms with Crippen molar-refractivity contribution in [1.82, 2.24) is 4.90 Å². The SMILES string of the molecule is COC(=O)[C@@H]1C[C@@H](Oc2ccc(Cl)cc2)CN1C(=O)OC(C)(C)C. The second-order valence-corrected chi connectivity index (χ2v) is 7.04. The average molecular weight is 356 g/mol. The number of nitrogens with zero attached hydrogens (tertiary/aromatic N) is 1. The summed E-state index contributed by atoms with van der Waals surface area (Å²) in [6.07, 6.45) is -0.544. The van der Waals surface area contributed by atoms with E-state index in [9.17, 15) is 9.59 Å². The van der Waals surface area contributed by atoms with Gasteiger partial charge in [-0.3, -0.25) is 4.90 Å². The molecular formula is C17H22ClNO5. The van der Waals surface area contributed by atoms with Crippen LogP contribution in [0, 0.1) is 0 Å². The fourth-order valence-corrected chi connectivity index (χ4v) is 2.60. The van der Waals surface area contributed by atoms with Crippen molar-refractivity contribution in [3.8, 4) is 5.75 Å². The van der Waals surface area contributed by atoms with Crippen molar-refractivity contribution in [3.63, 3.8) is 0 Å². The predicted molar refractivity (Wildman–Crippen MR) is 89.2 cm³/mol. The Morgan fingerprint density at radius 1 is 1.21 bits per heavy atom. The fraction of sp³-hybridized carbons (Fsp3) is 0.529. The third-order valence-corrected chi connectivity index (χ3v) is 3.73. The highest BCUT2D eigenvalue weighted by Crippen LogP contribution is 2.26. The summed E-state index contributed by atoms with van der Waals surface area (Å²) in [6.45, 7) is 5.57. The quantitative estimate of drug-likeness (QED) is 0.778. The maximum Gasteiger partial charge on any atom is 0.411 e. The average Bonchev–Trinajstić information content (AvgIpc) is 2.91. The van der Waals surface area contributed by atoms with Crippen LogP contribution in [0.2, 0.25) is 5.02 Å². The fourth-order valence-electron chi connectivity index (χ4n) is 2.47. The van der Waals surface area contributed by atoms with E-state index in [1.165, 1.54) is 12.0 Å². The number of hydrogen-bond donors (Lipinski definition) is 0. The summed E-state index contributed by atoms with van der Waals surface area (Å²) in [5.74, 6) is 0.141. The van der Waals surface area contributed by atoms with E-state index in [0.29, 0.717) is 17.2 Å². The summed E-state index contributed by atoms with van der Waals surface area (Å²) < 4.78 is 16.0. The molecule has 1 aliphatic rings. The summed E-state index contributed by atoms with van der Waals surface area (Å²) in [7, 11) is 1.29. The van der Waals surface area contributed by atoms with Gasteiger partial charge in [0.2, 0.25) is 0 Å². The van der Waals surface area contributed by atoms with Crippen LogP contribution >= 0.6 is 11.6 Å². The second kappa shape index (κ2) is 7.30. The maximum atomic E-state index is 12.4. The molecule has 1 saturated heterocycles. The number of carbonyl (C=O) groups is 2. The van der Waals surface area contributed by atoms with Crippen LogP contribution in [0.25, 0.3) is 0 Å². The van der Waals surface area contributed by atoms with Gasteiger partial charge in [-0.25, -0.2) is 9.59 Å². The lowest BCUT2D eigenvalue weighted by molar-refractivity contribution is -0.145. The highest BCUT2D eigenvalue weighted by molar-refractivity contribution is 6.30. The summed E-state index contributed by atoms with van der Waals surface area (Å²) in [5.41, 5.74) is -0.646. The lowest BCUT2D eigenvalue weighted by Gasteiger charge is -2.27. The van der Waals surface area contributed by atoms with Gasteiger partial charge in [-0.05, 0) is 45.0 Å². The minimum Gasteiger partial charge on any atom is -0.488 e. The number of likely N-dealkylation sites (tertiary alicyclic amines) is 1. The molecule has 1 heterocycles. The monoisotopic (exact) mass is 355 g/mol. The van der Waals surface area contributed by atoms with Gasteiger partial charge in [0, 0.05) is 11.4 Å². The Morgan fingerprint density at radius 2 is 1.83 bits per heavy atom. The second-order valence-electron chi connectivity index (χ2n) is 6.60. The van der Waals surface area contributed by atoms with Gasteiger partial charge >= 0.3 is 12.1 Å². The lowest BCUT2D eigenvalue weighted by Crippen LogP contribution is -2.44. The Morgan fingerprint density at radius 3 is 2.38 bits per heavy atom. The number of ether oxygens (including phenoxy) is 3. The molecule has 2 rings (SSSR count). The van der Waals surface area contributed by atoms with Crippen molar-refractivity contribution < 1.29 is 23.8 Å². The van der Waals surface area contributed by atoms with Crippen LogP contribution < -0.4 is 4.74 Å². The van der Waals surface area contributed by atoms with E-state index in [-0.39, 0.29) is 12.6 Å². The molecule has 0 radical (unpaired) electrons. The molecule has 0 aliphatic carbocycles. The van der Waals surface area contributed by atoms with Crippen LogP contribution in [-0.4, -0.2) is 48.4 Å². The van der Waals surface area contributed by atoms with Crippen molar-refractivity contribution in [1.29, 1.82) is 0 Å². The number of amides is 1. The minimum absolute atomic E-state index is 0.247. The largest absolute Gasteiger partial charge is 0.488 e. The van der Waals surface area contributed by atoms with Gasteiger partial charge in [-0.2, -0.15) is 0 Å². The molecule has 7 heteroatoms. The molecule has 0 N–H and O–H groups in total. The number of hydrogen-bond acceptors (Lipinski definition) is 5. The smallest absolute Gasteiger partial charge is 0.411 e. The number of halogens is 1. The van der Waals surface area contributed by atoms with Crippen molar-refractivity contribution in [3.05, 3.63) is 29.3 Å². The predicted octanol–water partition coefficient (Wildman–Crippen LogP) is 3.27. The third-order valence-electron chi connectivity index (χ3n) is 3.48. The van der Waals surface area contributed by atoms with Crippen LogP contribution in [-0.2, 0) is 14.3 Å². The Labute approximate surface area is 146 Å². The van der Waals surface area contributed by atoms with E-state index < -0.39 is 23.7 Å². The number of benzene rings is 1. The minimum atomic E-state index is -0.720. The normalized spacial score (nSPS) is 20.6. The zero-order chi connectivity index (χ0) is 17.9. The van der Waals surface area contributed by atoms with Gasteiger partial charge in [-0.1, -0.05) is 11.6 Å². The van der Waals surface area contributed by atoms with E-state index in [0.717, 1.165) is 0 Å². The first-order chi connectivity index (χ1) is 11.2. The zero-order valence-corrected chi connectivity index (χ0v) is 15.0. The lowest BCUT2D eigenvalue weighted by atomic mass is 10.2. The molecule has 24 heavy (non-hydrogen) atoms. The molecule has 132 valence electrons. The van der Waals surface area contributed by atoms with Crippen LogP contribution in [0.15, 0.2) is 24.3 Å². The molecule has 2 atom stereocenters. The van der Waals surface area contributed by atoms with Gasteiger partial charge in [0.15, 0.2) is 0 Å². The number of esters is 1. The van der Waals surface area contributed by atoms with Crippen LogP contribution in [0.3, 0.4) is 0 Å². The molecule has 0 unspecified atom stereocenters. The van der Waals surface area contributed by atoms with Crippen molar-refractivity contribution in [2.75, 3.05) is 13.7 Å². The molecule has 1 amide bonds. The molecule has 0 spiro atoms. The van der Waals surface area contributed by atoms with E-state index in [1.807, 2.05) is 0 Å². The van der Waals surface area contributed by atoms with E-state index in [4.69, 9.17) is 25.8 Å². The molecular weight excluding hydrogens is 334 g/mol.